The van der Waals surface area contributed by atoms with Crippen LogP contribution in [0.25, 0.3) is 0 Å². The fraction of sp³-hybridized carbons (Fsp3) is 0.467. The van der Waals surface area contributed by atoms with Crippen molar-refractivity contribution in [3.63, 3.8) is 0 Å². The van der Waals surface area contributed by atoms with Crippen molar-refractivity contribution >= 4 is 41.2 Å². The minimum atomic E-state index is -1.30. The molecule has 0 saturated carbocycles. The van der Waals surface area contributed by atoms with Gasteiger partial charge in [0, 0.05) is 17.0 Å². The van der Waals surface area contributed by atoms with Gasteiger partial charge in [-0.05, 0) is 63.3 Å². The number of methoxy groups -OCH3 is 2. The molecule has 234 valence electrons. The van der Waals surface area contributed by atoms with Gasteiger partial charge in [-0.1, -0.05) is 19.9 Å². The molecule has 3 atom stereocenters. The van der Waals surface area contributed by atoms with Crippen LogP contribution in [-0.2, 0) is 14.3 Å². The number of nitrogens with zero attached hydrogens (tertiary/aromatic N) is 2. The summed E-state index contributed by atoms with van der Waals surface area (Å²) in [4.78, 5) is 51.7. The number of esters is 1. The van der Waals surface area contributed by atoms with Crippen LogP contribution in [0.15, 0.2) is 42.5 Å². The van der Waals surface area contributed by atoms with Crippen molar-refractivity contribution in [2.45, 2.75) is 49.9 Å². The third-order valence-corrected chi connectivity index (χ3v) is 8.86. The van der Waals surface area contributed by atoms with E-state index in [0.717, 1.165) is 19.6 Å². The molecule has 0 aromatic heterocycles. The maximum absolute atomic E-state index is 12.7. The summed E-state index contributed by atoms with van der Waals surface area (Å²) in [5.41, 5.74) is 6.91. The number of carbonyl (C=O) groups excluding carboxylic acids is 4. The monoisotopic (exact) mass is 638 g/mol. The summed E-state index contributed by atoms with van der Waals surface area (Å²) in [6, 6.07) is 9.82. The maximum atomic E-state index is 12.7. The van der Waals surface area contributed by atoms with E-state index in [1.807, 2.05) is 0 Å². The van der Waals surface area contributed by atoms with Gasteiger partial charge in [0.15, 0.2) is 0 Å². The van der Waals surface area contributed by atoms with Crippen molar-refractivity contribution in [2.75, 3.05) is 46.2 Å². The average Bonchev–Trinajstić information content (AvgIpc) is 3.25. The number of carbonyl (C=O) groups is 4. The van der Waals surface area contributed by atoms with Crippen molar-refractivity contribution in [3.8, 4) is 11.5 Å². The van der Waals surface area contributed by atoms with Crippen molar-refractivity contribution in [1.29, 1.82) is 0 Å². The molecule has 2 aliphatic heterocycles. The first-order chi connectivity index (χ1) is 20.4. The average molecular weight is 639 g/mol. The van der Waals surface area contributed by atoms with Crippen LogP contribution in [-0.4, -0.2) is 96.2 Å². The molecule has 44 heavy (non-hydrogen) atoms. The number of nitrogen functional groups attached to an aromatic ring is 1. The second kappa shape index (κ2) is 16.4. The number of hydrogen-bond acceptors (Lipinski definition) is 11. The number of β-lactam (4-membered cyclic amide) rings is 1. The van der Waals surface area contributed by atoms with Gasteiger partial charge >= 0.3 is 35.5 Å². The van der Waals surface area contributed by atoms with Crippen molar-refractivity contribution < 1.29 is 68.1 Å². The first-order valence-corrected chi connectivity index (χ1v) is 14.8. The summed E-state index contributed by atoms with van der Waals surface area (Å²) in [6.45, 7) is 10.8. The number of rotatable bonds is 11. The summed E-state index contributed by atoms with van der Waals surface area (Å²) < 4.78 is 14.9. The Morgan fingerprint density at radius 1 is 1.05 bits per heavy atom. The van der Waals surface area contributed by atoms with E-state index in [4.69, 9.17) is 19.9 Å². The number of likely N-dealkylation sites (N-methyl/N-ethyl adjacent to an activating group) is 1. The van der Waals surface area contributed by atoms with E-state index in [2.05, 4.69) is 24.1 Å². The number of benzene rings is 2. The van der Waals surface area contributed by atoms with E-state index >= 15 is 0 Å². The number of carboxylic acids is 1. The molecule has 2 aromatic carbocycles. The third-order valence-electron chi connectivity index (χ3n) is 7.29. The van der Waals surface area contributed by atoms with Gasteiger partial charge in [0.1, 0.15) is 35.1 Å². The molecule has 2 aliphatic rings. The topological polar surface area (TPSA) is 164 Å². The van der Waals surface area contributed by atoms with Gasteiger partial charge in [0.2, 0.25) is 5.91 Å². The number of aliphatic carboxylic acids is 1. The molecule has 2 fully saturated rings. The first kappa shape index (κ1) is 37.2. The van der Waals surface area contributed by atoms with Crippen LogP contribution < -0.4 is 55.2 Å². The predicted octanol–water partition coefficient (Wildman–Crippen LogP) is -1.61. The third kappa shape index (κ3) is 8.39. The quantitative estimate of drug-likeness (QED) is 0.126. The van der Waals surface area contributed by atoms with Gasteiger partial charge in [-0.3, -0.25) is 9.59 Å². The van der Waals surface area contributed by atoms with Gasteiger partial charge in [0.05, 0.1) is 31.8 Å². The second-order valence-electron chi connectivity index (χ2n) is 10.4. The molecule has 0 aliphatic carbocycles. The van der Waals surface area contributed by atoms with Crippen LogP contribution in [0.4, 0.5) is 5.69 Å². The number of hydrogen-bond donors (Lipinski definition) is 2. The smallest absolute Gasteiger partial charge is 0.548 e. The summed E-state index contributed by atoms with van der Waals surface area (Å²) in [5.74, 6) is -1.92. The summed E-state index contributed by atoms with van der Waals surface area (Å²) in [7, 11) is 2.86. The van der Waals surface area contributed by atoms with Gasteiger partial charge in [-0.2, -0.15) is 0 Å². The Balaban J connectivity index is 0.000000328. The Morgan fingerprint density at radius 2 is 1.61 bits per heavy atom. The number of carboxylic acid groups (broad SMARTS) is 1. The number of fused-ring (bicyclic) bond motifs is 1. The first-order valence-electron chi connectivity index (χ1n) is 13.9. The molecule has 14 heteroatoms. The molecule has 3 N–H and O–H groups in total. The zero-order chi connectivity index (χ0) is 31.9. The van der Waals surface area contributed by atoms with E-state index in [0.29, 0.717) is 29.4 Å². The van der Waals surface area contributed by atoms with Crippen LogP contribution in [0.3, 0.4) is 0 Å². The fourth-order valence-electron chi connectivity index (χ4n) is 4.92. The number of thioether (sulfide) groups is 1. The zero-order valence-electron chi connectivity index (χ0n) is 26.2. The summed E-state index contributed by atoms with van der Waals surface area (Å²) in [6.07, 6.45) is 0. The molecule has 12 nitrogen and oxygen atoms in total. The Kier molecular flexibility index (Phi) is 13.8. The maximum Gasteiger partial charge on any atom is 1.00 e. The molecule has 0 radical (unpaired) electrons. The van der Waals surface area contributed by atoms with Crippen LogP contribution in [0.5, 0.6) is 11.5 Å². The largest absolute Gasteiger partial charge is 1.00 e. The zero-order valence-corrected chi connectivity index (χ0v) is 29.1. The number of nitrogens with one attached hydrogen (secondary N) is 1. The van der Waals surface area contributed by atoms with E-state index in [-0.39, 0.29) is 41.1 Å². The van der Waals surface area contributed by atoms with Crippen molar-refractivity contribution in [2.24, 2.45) is 0 Å². The fourth-order valence-corrected chi connectivity index (χ4v) is 6.55. The molecule has 4 rings (SSSR count). The van der Waals surface area contributed by atoms with E-state index < -0.39 is 40.0 Å². The molecule has 0 bridgehead atoms. The van der Waals surface area contributed by atoms with Gasteiger partial charge in [-0.25, -0.2) is 4.79 Å². The Morgan fingerprint density at radius 3 is 2.11 bits per heavy atom. The van der Waals surface area contributed by atoms with Crippen LogP contribution in [0, 0.1) is 0 Å². The predicted molar refractivity (Wildman–Crippen MR) is 161 cm³/mol. The number of ether oxygens (including phenoxy) is 3. The Hall–Kier alpha value is -2.97. The SMILES string of the molecule is CCN(CC)CCOC(=O)c1ccc(N)cc1.COc1cccc(OC)c1C(=O)N[C@@H]1C(=O)N2[C@@H]1SC(C)(C)[C@@H]2C(=O)[O-].[Na+]. The Labute approximate surface area is 284 Å². The molecule has 2 aromatic rings. The molecule has 2 amide bonds. The molecule has 0 spiro atoms. The van der Waals surface area contributed by atoms with Gasteiger partial charge in [0.25, 0.3) is 5.91 Å². The van der Waals surface area contributed by atoms with Crippen molar-refractivity contribution in [3.05, 3.63) is 53.6 Å². The number of nitrogens with two attached hydrogens (primary N) is 1. The molecule has 0 unspecified atom stereocenters. The molecular weight excluding hydrogens is 599 g/mol. The molecule has 2 heterocycles. The molecule has 2 saturated heterocycles. The van der Waals surface area contributed by atoms with Crippen molar-refractivity contribution in [1.82, 2.24) is 15.1 Å². The number of anilines is 1. The number of amides is 2. The van der Waals surface area contributed by atoms with Crippen LogP contribution in [0.2, 0.25) is 0 Å². The minimum Gasteiger partial charge on any atom is -0.548 e. The van der Waals surface area contributed by atoms with Gasteiger partial charge < -0.3 is 45.0 Å². The van der Waals surface area contributed by atoms with Gasteiger partial charge in [-0.15, -0.1) is 11.8 Å². The van der Waals surface area contributed by atoms with E-state index in [1.165, 1.54) is 30.9 Å². The second-order valence-corrected chi connectivity index (χ2v) is 12.1. The van der Waals surface area contributed by atoms with E-state index in [9.17, 15) is 24.3 Å². The minimum absolute atomic E-state index is 0. The normalized spacial score (nSPS) is 19.4. The summed E-state index contributed by atoms with van der Waals surface area (Å²) >= 11 is 1.33. The van der Waals surface area contributed by atoms with Crippen LogP contribution >= 0.6 is 11.8 Å². The van der Waals surface area contributed by atoms with Crippen LogP contribution in [0.1, 0.15) is 48.4 Å². The Bertz CT molecular complexity index is 1300. The van der Waals surface area contributed by atoms with E-state index in [1.54, 1.807) is 56.3 Å². The summed E-state index contributed by atoms with van der Waals surface area (Å²) in [5, 5.41) is 13.7. The standard InChI is InChI=1S/C17H20N2O6S.C13H20N2O2.Na/c1-17(2)12(16(22)23)19-14(21)11(15(19)26-17)18-13(20)10-8(24-3)6-5-7-9(10)25-4;1-3-15(4-2)9-10-17-13(16)11-5-7-12(14)8-6-11;/h5-7,11-12,15H,1-4H3,(H,18,20)(H,22,23);5-8H,3-4,9-10,14H2,1-2H3;/q;;+1/p-1/t11-,12+,15-;;/m1../s1. The molecular formula is C30H39N4NaO8S.